The van der Waals surface area contributed by atoms with E-state index in [2.05, 4.69) is 0 Å². The molecule has 2 amide bonds. The lowest BCUT2D eigenvalue weighted by atomic mass is 10.1. The Labute approximate surface area is 101 Å². The fourth-order valence-corrected chi connectivity index (χ4v) is 2.27. The highest BCUT2D eigenvalue weighted by molar-refractivity contribution is 5.89. The molecule has 6 heteroatoms. The van der Waals surface area contributed by atoms with Crippen molar-refractivity contribution in [3.8, 4) is 0 Å². The van der Waals surface area contributed by atoms with Crippen LogP contribution in [-0.2, 0) is 9.59 Å². The zero-order valence-electron chi connectivity index (χ0n) is 9.39. The number of carbonyl (C=O) groups excluding carboxylic acids is 2. The first-order valence-electron chi connectivity index (χ1n) is 5.36. The lowest BCUT2D eigenvalue weighted by Crippen LogP contribution is -2.37. The van der Waals surface area contributed by atoms with E-state index in [0.29, 0.717) is 19.5 Å². The lowest BCUT2D eigenvalue weighted by Gasteiger charge is -2.19. The first-order chi connectivity index (χ1) is 7.08. The van der Waals surface area contributed by atoms with Crippen molar-refractivity contribution in [1.82, 2.24) is 9.80 Å². The second-order valence-electron chi connectivity index (χ2n) is 4.51. The van der Waals surface area contributed by atoms with E-state index in [0.717, 1.165) is 13.0 Å². The summed E-state index contributed by atoms with van der Waals surface area (Å²) < 4.78 is 0. The molecule has 0 spiro atoms. The average molecular weight is 248 g/mol. The number of hydrogen-bond donors (Lipinski definition) is 1. The van der Waals surface area contributed by atoms with Gasteiger partial charge in [-0.2, -0.15) is 0 Å². The van der Waals surface area contributed by atoms with Crippen LogP contribution in [0.25, 0.3) is 0 Å². The molecule has 5 nitrogen and oxygen atoms in total. The van der Waals surface area contributed by atoms with Gasteiger partial charge in [0, 0.05) is 39.1 Å². The Hall–Kier alpha value is -0.810. The van der Waals surface area contributed by atoms with Gasteiger partial charge < -0.3 is 15.5 Å². The van der Waals surface area contributed by atoms with Crippen LogP contribution in [0, 0.1) is 5.92 Å². The molecule has 0 bridgehead atoms. The molecule has 16 heavy (non-hydrogen) atoms. The highest BCUT2D eigenvalue weighted by Crippen LogP contribution is 2.20. The predicted molar refractivity (Wildman–Crippen MR) is 62.2 cm³/mol. The van der Waals surface area contributed by atoms with Crippen molar-refractivity contribution in [3.63, 3.8) is 0 Å². The molecule has 92 valence electrons. The van der Waals surface area contributed by atoms with E-state index < -0.39 is 0 Å². The SMILES string of the molecule is CN1CC(C(=O)N2CC[C@@H](N)C2)CC1=O.Cl. The smallest absolute Gasteiger partial charge is 0.228 e. The molecule has 2 heterocycles. The number of nitrogens with zero attached hydrogens (tertiary/aromatic N) is 2. The maximum Gasteiger partial charge on any atom is 0.228 e. The van der Waals surface area contributed by atoms with Crippen LogP contribution in [0.5, 0.6) is 0 Å². The molecule has 2 fully saturated rings. The molecular weight excluding hydrogens is 230 g/mol. The molecule has 0 aromatic rings. The van der Waals surface area contributed by atoms with E-state index in [1.807, 2.05) is 0 Å². The maximum atomic E-state index is 12.0. The summed E-state index contributed by atoms with van der Waals surface area (Å²) >= 11 is 0. The minimum absolute atomic E-state index is 0. The average Bonchev–Trinajstić information content (AvgIpc) is 2.74. The third kappa shape index (κ3) is 2.47. The number of hydrogen-bond acceptors (Lipinski definition) is 3. The summed E-state index contributed by atoms with van der Waals surface area (Å²) in [5.41, 5.74) is 5.74. The quantitative estimate of drug-likeness (QED) is 0.676. The third-order valence-electron chi connectivity index (χ3n) is 3.23. The van der Waals surface area contributed by atoms with Crippen LogP contribution in [-0.4, -0.2) is 54.3 Å². The summed E-state index contributed by atoms with van der Waals surface area (Å²) in [6.07, 6.45) is 1.24. The normalized spacial score (nSPS) is 29.5. The van der Waals surface area contributed by atoms with Crippen molar-refractivity contribution in [2.24, 2.45) is 11.7 Å². The van der Waals surface area contributed by atoms with E-state index in [1.54, 1.807) is 16.8 Å². The number of amides is 2. The van der Waals surface area contributed by atoms with Crippen molar-refractivity contribution >= 4 is 24.2 Å². The molecule has 2 saturated heterocycles. The van der Waals surface area contributed by atoms with Crippen molar-refractivity contribution in [1.29, 1.82) is 0 Å². The summed E-state index contributed by atoms with van der Waals surface area (Å²) in [4.78, 5) is 26.7. The summed E-state index contributed by atoms with van der Waals surface area (Å²) in [5, 5.41) is 0. The monoisotopic (exact) mass is 247 g/mol. The largest absolute Gasteiger partial charge is 0.345 e. The molecule has 0 aromatic carbocycles. The molecule has 0 aromatic heterocycles. The van der Waals surface area contributed by atoms with Crippen LogP contribution >= 0.6 is 12.4 Å². The molecular formula is C10H18ClN3O2. The molecule has 0 radical (unpaired) electrons. The van der Waals surface area contributed by atoms with Crippen LogP contribution in [0.1, 0.15) is 12.8 Å². The van der Waals surface area contributed by atoms with Gasteiger partial charge in [0.25, 0.3) is 0 Å². The zero-order chi connectivity index (χ0) is 11.0. The molecule has 0 aliphatic carbocycles. The van der Waals surface area contributed by atoms with Gasteiger partial charge in [-0.15, -0.1) is 12.4 Å². The van der Waals surface area contributed by atoms with Crippen LogP contribution in [0.15, 0.2) is 0 Å². The number of rotatable bonds is 1. The first kappa shape index (κ1) is 13.3. The fourth-order valence-electron chi connectivity index (χ4n) is 2.27. The Morgan fingerprint density at radius 3 is 2.56 bits per heavy atom. The Bertz CT molecular complexity index is 298. The van der Waals surface area contributed by atoms with Crippen molar-refractivity contribution in [2.75, 3.05) is 26.7 Å². The van der Waals surface area contributed by atoms with Gasteiger partial charge in [-0.1, -0.05) is 0 Å². The van der Waals surface area contributed by atoms with Crippen molar-refractivity contribution in [3.05, 3.63) is 0 Å². The highest BCUT2D eigenvalue weighted by Gasteiger charge is 2.36. The minimum Gasteiger partial charge on any atom is -0.345 e. The van der Waals surface area contributed by atoms with Crippen LogP contribution < -0.4 is 5.73 Å². The third-order valence-corrected chi connectivity index (χ3v) is 3.23. The van der Waals surface area contributed by atoms with Gasteiger partial charge >= 0.3 is 0 Å². The number of carbonyl (C=O) groups is 2. The van der Waals surface area contributed by atoms with Gasteiger partial charge in [0.2, 0.25) is 11.8 Å². The van der Waals surface area contributed by atoms with Crippen LogP contribution in [0.2, 0.25) is 0 Å². The Balaban J connectivity index is 0.00000128. The van der Waals surface area contributed by atoms with Crippen molar-refractivity contribution in [2.45, 2.75) is 18.9 Å². The van der Waals surface area contributed by atoms with Gasteiger partial charge in [0.1, 0.15) is 0 Å². The highest BCUT2D eigenvalue weighted by atomic mass is 35.5. The Morgan fingerprint density at radius 2 is 2.12 bits per heavy atom. The van der Waals surface area contributed by atoms with Gasteiger partial charge in [0.15, 0.2) is 0 Å². The molecule has 2 N–H and O–H groups in total. The summed E-state index contributed by atoms with van der Waals surface area (Å²) in [6.45, 7) is 1.95. The van der Waals surface area contributed by atoms with E-state index in [4.69, 9.17) is 5.73 Å². The molecule has 2 rings (SSSR count). The van der Waals surface area contributed by atoms with Crippen LogP contribution in [0.3, 0.4) is 0 Å². The Kier molecular flexibility index (Phi) is 4.15. The number of likely N-dealkylation sites (tertiary alicyclic amines) is 2. The number of halogens is 1. The van der Waals surface area contributed by atoms with Gasteiger partial charge in [0.05, 0.1) is 5.92 Å². The molecule has 0 saturated carbocycles. The first-order valence-corrected chi connectivity index (χ1v) is 5.36. The standard InChI is InChI=1S/C10H17N3O2.ClH/c1-12-5-7(4-9(12)14)10(15)13-3-2-8(11)6-13;/h7-8H,2-6,11H2,1H3;1H/t7?,8-;/m1./s1. The topological polar surface area (TPSA) is 66.6 Å². The summed E-state index contributed by atoms with van der Waals surface area (Å²) in [6, 6.07) is 0.115. The van der Waals surface area contributed by atoms with Crippen molar-refractivity contribution < 1.29 is 9.59 Å². The second kappa shape index (κ2) is 5.01. The Morgan fingerprint density at radius 1 is 1.44 bits per heavy atom. The van der Waals surface area contributed by atoms with E-state index in [-0.39, 0.29) is 36.2 Å². The van der Waals surface area contributed by atoms with E-state index in [9.17, 15) is 9.59 Å². The maximum absolute atomic E-state index is 12.0. The molecule has 1 unspecified atom stereocenters. The molecule has 2 aliphatic rings. The zero-order valence-corrected chi connectivity index (χ0v) is 10.2. The summed E-state index contributed by atoms with van der Waals surface area (Å²) in [5.74, 6) is 0.0188. The summed E-state index contributed by atoms with van der Waals surface area (Å²) in [7, 11) is 1.74. The van der Waals surface area contributed by atoms with E-state index >= 15 is 0 Å². The minimum atomic E-state index is -0.146. The van der Waals surface area contributed by atoms with E-state index in [1.165, 1.54) is 0 Å². The van der Waals surface area contributed by atoms with Crippen LogP contribution in [0.4, 0.5) is 0 Å². The van der Waals surface area contributed by atoms with Gasteiger partial charge in [-0.05, 0) is 6.42 Å². The lowest BCUT2D eigenvalue weighted by molar-refractivity contribution is -0.134. The molecule has 2 atom stereocenters. The van der Waals surface area contributed by atoms with Gasteiger partial charge in [-0.3, -0.25) is 9.59 Å². The second-order valence-corrected chi connectivity index (χ2v) is 4.51. The number of nitrogens with two attached hydrogens (primary N) is 1. The predicted octanol–water partition coefficient (Wildman–Crippen LogP) is -0.554. The molecule has 2 aliphatic heterocycles. The fraction of sp³-hybridized carbons (Fsp3) is 0.800. The van der Waals surface area contributed by atoms with Gasteiger partial charge in [-0.25, -0.2) is 0 Å².